The lowest BCUT2D eigenvalue weighted by Gasteiger charge is -2.10. The van der Waals surface area contributed by atoms with E-state index in [1.54, 1.807) is 6.20 Å². The van der Waals surface area contributed by atoms with Crippen molar-refractivity contribution in [1.82, 2.24) is 10.3 Å². The molecule has 2 N–H and O–H groups in total. The number of aryl methyl sites for hydroxylation is 1. The number of benzene rings is 1. The Bertz CT molecular complexity index is 581. The molecule has 1 atom stereocenters. The van der Waals surface area contributed by atoms with Crippen LogP contribution in [0.25, 0.3) is 0 Å². The van der Waals surface area contributed by atoms with Crippen molar-refractivity contribution in [3.05, 3.63) is 47.7 Å². The molecule has 0 aliphatic carbocycles. The van der Waals surface area contributed by atoms with E-state index in [0.717, 1.165) is 11.4 Å². The summed E-state index contributed by atoms with van der Waals surface area (Å²) in [6, 6.07) is 7.75. The highest BCUT2D eigenvalue weighted by atomic mass is 16.4. The van der Waals surface area contributed by atoms with Crippen LogP contribution in [-0.4, -0.2) is 16.9 Å². The van der Waals surface area contributed by atoms with E-state index < -0.39 is 0 Å². The molecule has 5 nitrogen and oxygen atoms in total. The summed E-state index contributed by atoms with van der Waals surface area (Å²) in [5.74, 6) is 1.24. The minimum atomic E-state index is -0.214. The highest BCUT2D eigenvalue weighted by Crippen LogP contribution is 2.25. The topological polar surface area (TPSA) is 67.2 Å². The minimum absolute atomic E-state index is 0.0351. The van der Waals surface area contributed by atoms with Gasteiger partial charge in [0, 0.05) is 12.1 Å². The van der Waals surface area contributed by atoms with Crippen molar-refractivity contribution >= 4 is 11.6 Å². The summed E-state index contributed by atoms with van der Waals surface area (Å²) in [4.78, 5) is 16.1. The molecule has 3 rings (SSSR count). The highest BCUT2D eigenvalue weighted by molar-refractivity contribution is 5.87. The summed E-state index contributed by atoms with van der Waals surface area (Å²) in [6.07, 6.45) is 2.36. The van der Waals surface area contributed by atoms with Crippen molar-refractivity contribution in [2.45, 2.75) is 25.9 Å². The number of para-hydroxylation sites is 1. The number of carbonyl (C=O) groups is 1. The molecular weight excluding hydrogens is 242 g/mol. The molecular formula is C14H15N3O2. The van der Waals surface area contributed by atoms with Crippen LogP contribution < -0.4 is 10.6 Å². The Labute approximate surface area is 111 Å². The first kappa shape index (κ1) is 11.8. The van der Waals surface area contributed by atoms with Gasteiger partial charge in [-0.2, -0.15) is 0 Å². The third kappa shape index (κ3) is 2.45. The van der Waals surface area contributed by atoms with Crippen LogP contribution in [0.4, 0.5) is 5.69 Å². The first-order valence-electron chi connectivity index (χ1n) is 6.26. The number of nitrogens with zero attached hydrogens (tertiary/aromatic N) is 1. The van der Waals surface area contributed by atoms with Gasteiger partial charge in [-0.15, -0.1) is 0 Å². The SMILES string of the molecule is Cc1cnc(CNC(=O)C2Cc3ccccc3N2)o1. The maximum Gasteiger partial charge on any atom is 0.243 e. The number of amides is 1. The van der Waals surface area contributed by atoms with Gasteiger partial charge in [-0.3, -0.25) is 4.79 Å². The molecule has 2 heterocycles. The predicted octanol–water partition coefficient (Wildman–Crippen LogP) is 1.64. The summed E-state index contributed by atoms with van der Waals surface area (Å²) in [7, 11) is 0. The maximum absolute atomic E-state index is 12.1. The predicted molar refractivity (Wildman–Crippen MR) is 70.6 cm³/mol. The number of hydrogen-bond donors (Lipinski definition) is 2. The molecule has 0 saturated heterocycles. The Kier molecular flexibility index (Phi) is 2.95. The van der Waals surface area contributed by atoms with Gasteiger partial charge in [0.15, 0.2) is 0 Å². The van der Waals surface area contributed by atoms with Crippen molar-refractivity contribution in [3.63, 3.8) is 0 Å². The van der Waals surface area contributed by atoms with E-state index in [4.69, 9.17) is 4.42 Å². The lowest BCUT2D eigenvalue weighted by Crippen LogP contribution is -2.38. The highest BCUT2D eigenvalue weighted by Gasteiger charge is 2.26. The van der Waals surface area contributed by atoms with Gasteiger partial charge in [0.25, 0.3) is 0 Å². The van der Waals surface area contributed by atoms with Gasteiger partial charge in [-0.25, -0.2) is 4.98 Å². The van der Waals surface area contributed by atoms with Crippen LogP contribution in [0, 0.1) is 6.92 Å². The second kappa shape index (κ2) is 4.76. The first-order chi connectivity index (χ1) is 9.22. The van der Waals surface area contributed by atoms with E-state index in [1.165, 1.54) is 5.56 Å². The van der Waals surface area contributed by atoms with Crippen LogP contribution in [0.1, 0.15) is 17.2 Å². The smallest absolute Gasteiger partial charge is 0.243 e. The molecule has 1 aromatic heterocycles. The molecule has 1 unspecified atom stereocenters. The fourth-order valence-electron chi connectivity index (χ4n) is 2.23. The minimum Gasteiger partial charge on any atom is -0.444 e. The standard InChI is InChI=1S/C14H15N3O2/c1-9-7-15-13(19-9)8-16-14(18)12-6-10-4-2-3-5-11(10)17-12/h2-5,7,12,17H,6,8H2,1H3,(H,16,18). The van der Waals surface area contributed by atoms with Crippen molar-refractivity contribution in [2.75, 3.05) is 5.32 Å². The molecule has 0 spiro atoms. The zero-order valence-electron chi connectivity index (χ0n) is 10.6. The molecule has 2 aromatic rings. The molecule has 0 bridgehead atoms. The maximum atomic E-state index is 12.1. The summed E-state index contributed by atoms with van der Waals surface area (Å²) < 4.78 is 5.31. The Morgan fingerprint density at radius 1 is 1.53 bits per heavy atom. The van der Waals surface area contributed by atoms with Crippen LogP contribution in [0.3, 0.4) is 0 Å². The van der Waals surface area contributed by atoms with Gasteiger partial charge >= 0.3 is 0 Å². The van der Waals surface area contributed by atoms with Crippen LogP contribution in [-0.2, 0) is 17.8 Å². The average molecular weight is 257 g/mol. The molecule has 0 radical (unpaired) electrons. The molecule has 1 aliphatic rings. The Morgan fingerprint density at radius 3 is 3.11 bits per heavy atom. The number of anilines is 1. The quantitative estimate of drug-likeness (QED) is 0.877. The molecule has 1 aromatic carbocycles. The average Bonchev–Trinajstić information content (AvgIpc) is 3.01. The number of aromatic nitrogens is 1. The number of nitrogens with one attached hydrogen (secondary N) is 2. The first-order valence-corrected chi connectivity index (χ1v) is 6.26. The molecule has 1 aliphatic heterocycles. The van der Waals surface area contributed by atoms with Gasteiger partial charge in [0.05, 0.1) is 12.7 Å². The number of carbonyl (C=O) groups excluding carboxylic acids is 1. The second-order valence-electron chi connectivity index (χ2n) is 4.64. The van der Waals surface area contributed by atoms with Gasteiger partial charge in [0.1, 0.15) is 11.8 Å². The van der Waals surface area contributed by atoms with Gasteiger partial charge in [0.2, 0.25) is 11.8 Å². The zero-order chi connectivity index (χ0) is 13.2. The summed E-state index contributed by atoms with van der Waals surface area (Å²) >= 11 is 0. The van der Waals surface area contributed by atoms with Crippen molar-refractivity contribution in [1.29, 1.82) is 0 Å². The van der Waals surface area contributed by atoms with Crippen molar-refractivity contribution < 1.29 is 9.21 Å². The van der Waals surface area contributed by atoms with Crippen LogP contribution >= 0.6 is 0 Å². The van der Waals surface area contributed by atoms with Crippen LogP contribution in [0.2, 0.25) is 0 Å². The lowest BCUT2D eigenvalue weighted by molar-refractivity contribution is -0.122. The third-order valence-electron chi connectivity index (χ3n) is 3.17. The fourth-order valence-corrected chi connectivity index (χ4v) is 2.23. The van der Waals surface area contributed by atoms with Gasteiger partial charge < -0.3 is 15.1 Å². The monoisotopic (exact) mass is 257 g/mol. The molecule has 98 valence electrons. The van der Waals surface area contributed by atoms with E-state index in [9.17, 15) is 4.79 Å². The molecule has 5 heteroatoms. The molecule has 19 heavy (non-hydrogen) atoms. The fraction of sp³-hybridized carbons (Fsp3) is 0.286. The lowest BCUT2D eigenvalue weighted by atomic mass is 10.1. The number of rotatable bonds is 3. The van der Waals surface area contributed by atoms with E-state index in [-0.39, 0.29) is 11.9 Å². The number of hydrogen-bond acceptors (Lipinski definition) is 4. The van der Waals surface area contributed by atoms with Gasteiger partial charge in [-0.05, 0) is 18.6 Å². The Morgan fingerprint density at radius 2 is 2.37 bits per heavy atom. The normalized spacial score (nSPS) is 16.8. The number of fused-ring (bicyclic) bond motifs is 1. The Hall–Kier alpha value is -2.30. The summed E-state index contributed by atoms with van der Waals surface area (Å²) in [5, 5.41) is 6.04. The molecule has 0 fully saturated rings. The van der Waals surface area contributed by atoms with Crippen molar-refractivity contribution in [2.24, 2.45) is 0 Å². The zero-order valence-corrected chi connectivity index (χ0v) is 10.6. The van der Waals surface area contributed by atoms with E-state index in [2.05, 4.69) is 15.6 Å². The third-order valence-corrected chi connectivity index (χ3v) is 3.17. The van der Waals surface area contributed by atoms with Gasteiger partial charge in [-0.1, -0.05) is 18.2 Å². The van der Waals surface area contributed by atoms with E-state index in [0.29, 0.717) is 18.9 Å². The Balaban J connectivity index is 1.58. The summed E-state index contributed by atoms with van der Waals surface area (Å²) in [5.41, 5.74) is 2.21. The van der Waals surface area contributed by atoms with Crippen LogP contribution in [0.5, 0.6) is 0 Å². The van der Waals surface area contributed by atoms with Crippen molar-refractivity contribution in [3.8, 4) is 0 Å². The van der Waals surface area contributed by atoms with E-state index >= 15 is 0 Å². The summed E-state index contributed by atoms with van der Waals surface area (Å²) in [6.45, 7) is 2.15. The number of oxazole rings is 1. The van der Waals surface area contributed by atoms with Crippen LogP contribution in [0.15, 0.2) is 34.9 Å². The molecule has 0 saturated carbocycles. The van der Waals surface area contributed by atoms with E-state index in [1.807, 2.05) is 31.2 Å². The largest absolute Gasteiger partial charge is 0.444 e. The second-order valence-corrected chi connectivity index (χ2v) is 4.64. The molecule has 1 amide bonds.